The quantitative estimate of drug-likeness (QED) is 0.646. The molecule has 0 spiro atoms. The van der Waals surface area contributed by atoms with E-state index >= 15 is 0 Å². The minimum absolute atomic E-state index is 0.290. The highest BCUT2D eigenvalue weighted by Crippen LogP contribution is 2.34. The van der Waals surface area contributed by atoms with Gasteiger partial charge in [0.05, 0.1) is 12.7 Å². The van der Waals surface area contributed by atoms with Crippen LogP contribution in [-0.2, 0) is 15.7 Å². The zero-order valence-corrected chi connectivity index (χ0v) is 8.72. The molecule has 0 unspecified atom stereocenters. The summed E-state index contributed by atoms with van der Waals surface area (Å²) >= 11 is 0. The predicted molar refractivity (Wildman–Crippen MR) is 50.3 cm³/mol. The number of ether oxygens (including phenoxy) is 1. The summed E-state index contributed by atoms with van der Waals surface area (Å²) in [7, 11) is 0.999. The van der Waals surface area contributed by atoms with Crippen molar-refractivity contribution in [2.75, 3.05) is 7.11 Å². The van der Waals surface area contributed by atoms with Crippen LogP contribution in [0.25, 0.3) is 0 Å². The fraction of sp³-hybridized carbons (Fsp3) is 0.300. The van der Waals surface area contributed by atoms with Gasteiger partial charge in [0, 0.05) is 0 Å². The first-order valence-corrected chi connectivity index (χ1v) is 4.47. The molecule has 1 atom stereocenters. The van der Waals surface area contributed by atoms with E-state index in [2.05, 4.69) is 4.74 Å². The van der Waals surface area contributed by atoms with Crippen LogP contribution in [0.5, 0.6) is 0 Å². The number of carbonyl (C=O) groups excluding carboxylic acids is 1. The van der Waals surface area contributed by atoms with E-state index in [1.807, 2.05) is 0 Å². The summed E-state index contributed by atoms with van der Waals surface area (Å²) in [5.41, 5.74) is 3.50. The summed E-state index contributed by atoms with van der Waals surface area (Å²) in [4.78, 5) is 11.1. The lowest BCUT2D eigenvalue weighted by atomic mass is 10.0. The zero-order chi connectivity index (χ0) is 13.2. The van der Waals surface area contributed by atoms with E-state index in [1.165, 1.54) is 0 Å². The Morgan fingerprint density at radius 3 is 2.47 bits per heavy atom. The summed E-state index contributed by atoms with van der Waals surface area (Å²) in [6.45, 7) is 0. The van der Waals surface area contributed by atoms with Gasteiger partial charge in [0.25, 0.3) is 0 Å². The van der Waals surface area contributed by atoms with Crippen molar-refractivity contribution in [2.24, 2.45) is 5.73 Å². The largest absolute Gasteiger partial charge is 0.468 e. The molecule has 0 aliphatic heterocycles. The maximum absolute atomic E-state index is 12.8. The Kier molecular flexibility index (Phi) is 3.72. The number of nitrogens with two attached hydrogens (primary N) is 1. The van der Waals surface area contributed by atoms with E-state index in [4.69, 9.17) is 5.73 Å². The van der Waals surface area contributed by atoms with Crippen LogP contribution in [0.2, 0.25) is 0 Å². The Labute approximate surface area is 94.2 Å². The third-order valence-electron chi connectivity index (χ3n) is 2.11. The molecule has 2 N–H and O–H groups in total. The summed E-state index contributed by atoms with van der Waals surface area (Å²) in [5, 5.41) is 0. The molecule has 1 aromatic rings. The Balaban J connectivity index is 3.29. The third-order valence-corrected chi connectivity index (χ3v) is 2.11. The minimum atomic E-state index is -4.79. The Hall–Kier alpha value is -1.63. The molecule has 0 fully saturated rings. The monoisotopic (exact) mass is 251 g/mol. The minimum Gasteiger partial charge on any atom is -0.468 e. The van der Waals surface area contributed by atoms with Gasteiger partial charge in [-0.05, 0) is 17.7 Å². The molecule has 0 saturated carbocycles. The van der Waals surface area contributed by atoms with E-state index in [0.717, 1.165) is 19.2 Å². The number of halogens is 4. The highest BCUT2D eigenvalue weighted by Gasteiger charge is 2.36. The second-order valence-corrected chi connectivity index (χ2v) is 3.23. The van der Waals surface area contributed by atoms with E-state index in [9.17, 15) is 22.4 Å². The number of methoxy groups -OCH3 is 1. The van der Waals surface area contributed by atoms with Gasteiger partial charge >= 0.3 is 12.1 Å². The molecule has 0 radical (unpaired) electrons. The highest BCUT2D eigenvalue weighted by molar-refractivity contribution is 5.77. The first-order chi connectivity index (χ1) is 7.77. The number of benzene rings is 1. The van der Waals surface area contributed by atoms with Crippen molar-refractivity contribution in [3.8, 4) is 0 Å². The van der Waals surface area contributed by atoms with Gasteiger partial charge in [0.1, 0.15) is 11.9 Å². The van der Waals surface area contributed by atoms with Crippen LogP contribution in [0.15, 0.2) is 18.2 Å². The van der Waals surface area contributed by atoms with Crippen LogP contribution in [0, 0.1) is 5.82 Å². The molecule has 0 saturated heterocycles. The van der Waals surface area contributed by atoms with Gasteiger partial charge in [-0.15, -0.1) is 0 Å². The maximum atomic E-state index is 12.8. The number of carbonyl (C=O) groups is 1. The second kappa shape index (κ2) is 4.70. The van der Waals surface area contributed by atoms with Crippen molar-refractivity contribution < 1.29 is 27.1 Å². The van der Waals surface area contributed by atoms with Crippen LogP contribution in [0.1, 0.15) is 17.2 Å². The van der Waals surface area contributed by atoms with Crippen LogP contribution >= 0.6 is 0 Å². The lowest BCUT2D eigenvalue weighted by Gasteiger charge is -2.16. The smallest absolute Gasteiger partial charge is 0.416 e. The molecule has 0 amide bonds. The molecule has 0 heterocycles. The Morgan fingerprint density at radius 1 is 1.41 bits per heavy atom. The Bertz CT molecular complexity index is 431. The van der Waals surface area contributed by atoms with Crippen molar-refractivity contribution in [3.63, 3.8) is 0 Å². The van der Waals surface area contributed by atoms with Gasteiger partial charge in [-0.2, -0.15) is 13.2 Å². The van der Waals surface area contributed by atoms with Crippen molar-refractivity contribution in [1.82, 2.24) is 0 Å². The van der Waals surface area contributed by atoms with Crippen LogP contribution < -0.4 is 5.73 Å². The molecular weight excluding hydrogens is 242 g/mol. The maximum Gasteiger partial charge on any atom is 0.416 e. The first kappa shape index (κ1) is 13.4. The average Bonchev–Trinajstić information content (AvgIpc) is 2.25. The van der Waals surface area contributed by atoms with Gasteiger partial charge in [-0.3, -0.25) is 4.79 Å². The lowest BCUT2D eigenvalue weighted by molar-refractivity contribution is -0.144. The van der Waals surface area contributed by atoms with Gasteiger partial charge in [0.2, 0.25) is 0 Å². The number of hydrogen-bond donors (Lipinski definition) is 1. The number of hydrogen-bond acceptors (Lipinski definition) is 3. The number of rotatable bonds is 2. The van der Waals surface area contributed by atoms with E-state index < -0.39 is 35.1 Å². The Morgan fingerprint density at radius 2 is 2.00 bits per heavy atom. The standard InChI is InChI=1S/C10H9F4NO2/c1-17-9(16)8(15)6-3-2-5(11)4-7(6)10(12,13)14/h2-4,8H,15H2,1H3/t8-/m1/s1. The second-order valence-electron chi connectivity index (χ2n) is 3.23. The highest BCUT2D eigenvalue weighted by atomic mass is 19.4. The van der Waals surface area contributed by atoms with Crippen LogP contribution in [0.4, 0.5) is 17.6 Å². The van der Waals surface area contributed by atoms with E-state index in [-0.39, 0.29) is 6.07 Å². The number of alkyl halides is 3. The predicted octanol–water partition coefficient (Wildman–Crippen LogP) is 2.02. The molecule has 0 aromatic heterocycles. The molecule has 0 aliphatic rings. The molecule has 0 bridgehead atoms. The molecule has 1 aromatic carbocycles. The van der Waals surface area contributed by atoms with Crippen LogP contribution in [-0.4, -0.2) is 13.1 Å². The molecule has 3 nitrogen and oxygen atoms in total. The van der Waals surface area contributed by atoms with Crippen molar-refractivity contribution >= 4 is 5.97 Å². The van der Waals surface area contributed by atoms with Crippen molar-refractivity contribution in [1.29, 1.82) is 0 Å². The third kappa shape index (κ3) is 2.94. The van der Waals surface area contributed by atoms with Crippen molar-refractivity contribution in [3.05, 3.63) is 35.1 Å². The zero-order valence-electron chi connectivity index (χ0n) is 8.72. The summed E-state index contributed by atoms with van der Waals surface area (Å²) in [5.74, 6) is -2.08. The molecule has 1 rings (SSSR count). The first-order valence-electron chi connectivity index (χ1n) is 4.47. The van der Waals surface area contributed by atoms with Crippen molar-refractivity contribution in [2.45, 2.75) is 12.2 Å². The van der Waals surface area contributed by atoms with Gasteiger partial charge in [0.15, 0.2) is 0 Å². The van der Waals surface area contributed by atoms with Gasteiger partial charge in [-0.25, -0.2) is 4.39 Å². The SMILES string of the molecule is COC(=O)[C@H](N)c1ccc(F)cc1C(F)(F)F. The molecular formula is C10H9F4NO2. The molecule has 17 heavy (non-hydrogen) atoms. The summed E-state index contributed by atoms with van der Waals surface area (Å²) < 4.78 is 54.8. The van der Waals surface area contributed by atoms with Crippen LogP contribution in [0.3, 0.4) is 0 Å². The average molecular weight is 251 g/mol. The van der Waals surface area contributed by atoms with E-state index in [1.54, 1.807) is 0 Å². The topological polar surface area (TPSA) is 52.3 Å². The van der Waals surface area contributed by atoms with Gasteiger partial charge < -0.3 is 10.5 Å². The lowest BCUT2D eigenvalue weighted by Crippen LogP contribution is -2.26. The number of esters is 1. The molecule has 7 heteroatoms. The van der Waals surface area contributed by atoms with Gasteiger partial charge in [-0.1, -0.05) is 6.07 Å². The summed E-state index contributed by atoms with van der Waals surface area (Å²) in [6.07, 6.45) is -4.79. The normalized spacial score (nSPS) is 13.3. The molecule has 0 aliphatic carbocycles. The fourth-order valence-electron chi connectivity index (χ4n) is 1.30. The molecule has 94 valence electrons. The fourth-order valence-corrected chi connectivity index (χ4v) is 1.30. The van der Waals surface area contributed by atoms with E-state index in [0.29, 0.717) is 0 Å². The summed E-state index contributed by atoms with van der Waals surface area (Å²) in [6, 6.07) is 0.308.